The Morgan fingerprint density at radius 1 is 0.882 bits per heavy atom. The van der Waals surface area contributed by atoms with Crippen molar-refractivity contribution in [2.45, 2.75) is 6.92 Å². The molecule has 0 bridgehead atoms. The van der Waals surface area contributed by atoms with Gasteiger partial charge in [0.05, 0.1) is 11.6 Å². The summed E-state index contributed by atoms with van der Waals surface area (Å²) in [6, 6.07) is 18.7. The first-order chi connectivity index (χ1) is 8.29. The van der Waals surface area contributed by atoms with Crippen LogP contribution >= 0.6 is 0 Å². The number of hydrogen-bond donors (Lipinski definition) is 0. The Morgan fingerprint density at radius 2 is 1.53 bits per heavy atom. The minimum atomic E-state index is 0.747. The van der Waals surface area contributed by atoms with Crippen LogP contribution in [-0.4, -0.2) is 0 Å². The van der Waals surface area contributed by atoms with Crippen LogP contribution in [0.15, 0.2) is 48.5 Å². The van der Waals surface area contributed by atoms with Crippen molar-refractivity contribution >= 4 is 21.5 Å². The lowest BCUT2D eigenvalue weighted by Gasteiger charge is -2.06. The second-order valence-electron chi connectivity index (χ2n) is 4.29. The Bertz CT molecular complexity index is 763. The van der Waals surface area contributed by atoms with Gasteiger partial charge in [0.25, 0.3) is 0 Å². The molecule has 0 aliphatic heterocycles. The molecule has 0 atom stereocenters. The molecule has 0 aliphatic carbocycles. The monoisotopic (exact) mass is 217 g/mol. The highest BCUT2D eigenvalue weighted by Crippen LogP contribution is 2.27. The van der Waals surface area contributed by atoms with E-state index < -0.39 is 0 Å². The first-order valence-corrected chi connectivity index (χ1v) is 5.62. The van der Waals surface area contributed by atoms with Crippen LogP contribution in [0.4, 0.5) is 0 Å². The average Bonchev–Trinajstić information content (AvgIpc) is 2.38. The predicted molar refractivity (Wildman–Crippen MR) is 70.9 cm³/mol. The molecule has 0 saturated heterocycles. The van der Waals surface area contributed by atoms with Crippen molar-refractivity contribution < 1.29 is 0 Å². The largest absolute Gasteiger partial charge is 0.192 e. The van der Waals surface area contributed by atoms with Crippen molar-refractivity contribution in [2.75, 3.05) is 0 Å². The average molecular weight is 217 g/mol. The van der Waals surface area contributed by atoms with Crippen molar-refractivity contribution in [3.05, 3.63) is 59.7 Å². The number of rotatable bonds is 0. The summed E-state index contributed by atoms with van der Waals surface area (Å²) in [4.78, 5) is 0. The van der Waals surface area contributed by atoms with Crippen LogP contribution in [0.25, 0.3) is 21.5 Å². The molecule has 1 heteroatoms. The molecule has 0 N–H and O–H groups in total. The molecule has 0 fully saturated rings. The van der Waals surface area contributed by atoms with E-state index in [-0.39, 0.29) is 0 Å². The fourth-order valence-corrected chi connectivity index (χ4v) is 2.27. The van der Waals surface area contributed by atoms with Gasteiger partial charge < -0.3 is 0 Å². The summed E-state index contributed by atoms with van der Waals surface area (Å²) in [6.45, 7) is 2.08. The van der Waals surface area contributed by atoms with Crippen LogP contribution in [0.2, 0.25) is 0 Å². The van der Waals surface area contributed by atoms with Gasteiger partial charge in [-0.15, -0.1) is 0 Å². The third kappa shape index (κ3) is 1.46. The maximum atomic E-state index is 9.15. The summed E-state index contributed by atoms with van der Waals surface area (Å²) in [5.74, 6) is 0. The van der Waals surface area contributed by atoms with E-state index in [1.54, 1.807) is 0 Å². The molecule has 0 spiro atoms. The maximum absolute atomic E-state index is 9.15. The molecule has 0 saturated carbocycles. The van der Waals surface area contributed by atoms with E-state index in [1.165, 1.54) is 21.7 Å². The van der Waals surface area contributed by atoms with E-state index in [2.05, 4.69) is 37.3 Å². The first kappa shape index (κ1) is 9.86. The van der Waals surface area contributed by atoms with Crippen molar-refractivity contribution in [2.24, 2.45) is 0 Å². The van der Waals surface area contributed by atoms with Gasteiger partial charge in [-0.2, -0.15) is 5.26 Å². The van der Waals surface area contributed by atoms with Crippen molar-refractivity contribution in [1.82, 2.24) is 0 Å². The standard InChI is InChI=1S/C16H11N/c1-11-6-7-14(10-17)16-9-13-5-3-2-4-12(13)8-15(11)16/h2-9H,1H3. The third-order valence-electron chi connectivity index (χ3n) is 3.22. The minimum absolute atomic E-state index is 0.747. The van der Waals surface area contributed by atoms with Gasteiger partial charge >= 0.3 is 0 Å². The number of nitrogens with zero attached hydrogens (tertiary/aromatic N) is 1. The van der Waals surface area contributed by atoms with Crippen LogP contribution in [0.3, 0.4) is 0 Å². The minimum Gasteiger partial charge on any atom is -0.192 e. The van der Waals surface area contributed by atoms with E-state index in [9.17, 15) is 0 Å². The summed E-state index contributed by atoms with van der Waals surface area (Å²) < 4.78 is 0. The lowest BCUT2D eigenvalue weighted by molar-refractivity contribution is 1.48. The van der Waals surface area contributed by atoms with Crippen molar-refractivity contribution in [3.8, 4) is 6.07 Å². The lowest BCUT2D eigenvalue weighted by atomic mass is 9.97. The number of benzene rings is 3. The van der Waals surface area contributed by atoms with E-state index in [0.717, 1.165) is 10.9 Å². The zero-order valence-corrected chi connectivity index (χ0v) is 9.57. The zero-order valence-electron chi connectivity index (χ0n) is 9.57. The van der Waals surface area contributed by atoms with E-state index in [4.69, 9.17) is 5.26 Å². The van der Waals surface area contributed by atoms with Crippen LogP contribution in [-0.2, 0) is 0 Å². The molecule has 80 valence electrons. The molecule has 3 aromatic rings. The Hall–Kier alpha value is -2.33. The molecule has 17 heavy (non-hydrogen) atoms. The molecule has 3 aromatic carbocycles. The highest BCUT2D eigenvalue weighted by Gasteiger charge is 2.04. The first-order valence-electron chi connectivity index (χ1n) is 5.62. The fraction of sp³-hybridized carbons (Fsp3) is 0.0625. The Kier molecular flexibility index (Phi) is 2.09. The third-order valence-corrected chi connectivity index (χ3v) is 3.22. The van der Waals surface area contributed by atoms with Crippen molar-refractivity contribution in [3.63, 3.8) is 0 Å². The van der Waals surface area contributed by atoms with E-state index >= 15 is 0 Å². The second-order valence-corrected chi connectivity index (χ2v) is 4.29. The zero-order chi connectivity index (χ0) is 11.8. The highest BCUT2D eigenvalue weighted by atomic mass is 14.2. The van der Waals surface area contributed by atoms with Gasteiger partial charge in [-0.25, -0.2) is 0 Å². The molecule has 0 amide bonds. The normalized spacial score (nSPS) is 10.6. The lowest BCUT2D eigenvalue weighted by Crippen LogP contribution is -1.84. The fourth-order valence-electron chi connectivity index (χ4n) is 2.27. The van der Waals surface area contributed by atoms with Crippen LogP contribution in [0.5, 0.6) is 0 Å². The smallest absolute Gasteiger partial charge is 0.0998 e. The molecular formula is C16H11N. The van der Waals surface area contributed by atoms with E-state index in [1.807, 2.05) is 24.3 Å². The highest BCUT2D eigenvalue weighted by molar-refractivity contribution is 6.01. The number of aryl methyl sites for hydroxylation is 1. The van der Waals surface area contributed by atoms with Crippen LogP contribution in [0.1, 0.15) is 11.1 Å². The molecule has 0 aromatic heterocycles. The molecule has 0 aliphatic rings. The summed E-state index contributed by atoms with van der Waals surface area (Å²) in [5.41, 5.74) is 1.96. The summed E-state index contributed by atoms with van der Waals surface area (Å²) in [7, 11) is 0. The van der Waals surface area contributed by atoms with Gasteiger partial charge in [-0.3, -0.25) is 0 Å². The van der Waals surface area contributed by atoms with Gasteiger partial charge in [0.1, 0.15) is 0 Å². The predicted octanol–water partition coefficient (Wildman–Crippen LogP) is 4.17. The molecule has 3 rings (SSSR count). The number of hydrogen-bond acceptors (Lipinski definition) is 1. The number of nitriles is 1. The van der Waals surface area contributed by atoms with Crippen molar-refractivity contribution in [1.29, 1.82) is 5.26 Å². The molecule has 0 radical (unpaired) electrons. The summed E-state index contributed by atoms with van der Waals surface area (Å²) in [6.07, 6.45) is 0. The van der Waals surface area contributed by atoms with Gasteiger partial charge in [0, 0.05) is 5.39 Å². The Balaban J connectivity index is 2.56. The summed E-state index contributed by atoms with van der Waals surface area (Å²) in [5, 5.41) is 13.8. The topological polar surface area (TPSA) is 23.8 Å². The Labute approximate surface area is 99.9 Å². The number of fused-ring (bicyclic) bond motifs is 2. The molecular weight excluding hydrogens is 206 g/mol. The van der Waals surface area contributed by atoms with Gasteiger partial charge in [-0.05, 0) is 46.8 Å². The molecule has 0 unspecified atom stereocenters. The molecule has 0 heterocycles. The SMILES string of the molecule is Cc1ccc(C#N)c2cc3ccccc3cc12. The van der Waals surface area contributed by atoms with Gasteiger partial charge in [0.15, 0.2) is 0 Å². The van der Waals surface area contributed by atoms with Gasteiger partial charge in [-0.1, -0.05) is 30.3 Å². The van der Waals surface area contributed by atoms with E-state index in [0.29, 0.717) is 0 Å². The summed E-state index contributed by atoms with van der Waals surface area (Å²) >= 11 is 0. The Morgan fingerprint density at radius 3 is 2.18 bits per heavy atom. The molecule has 1 nitrogen and oxygen atoms in total. The second kappa shape index (κ2) is 3.61. The van der Waals surface area contributed by atoms with Crippen LogP contribution < -0.4 is 0 Å². The van der Waals surface area contributed by atoms with Crippen LogP contribution in [0, 0.1) is 18.3 Å². The van der Waals surface area contributed by atoms with Gasteiger partial charge in [0.2, 0.25) is 0 Å². The quantitative estimate of drug-likeness (QED) is 0.518. The maximum Gasteiger partial charge on any atom is 0.0998 e.